The molecule has 0 saturated heterocycles. The Kier molecular flexibility index (Phi) is 5.97. The van der Waals surface area contributed by atoms with Crippen molar-refractivity contribution in [3.8, 4) is 0 Å². The Balaban J connectivity index is 1.91. The van der Waals surface area contributed by atoms with Gasteiger partial charge >= 0.3 is 0 Å². The highest BCUT2D eigenvalue weighted by Gasteiger charge is 2.33. The summed E-state index contributed by atoms with van der Waals surface area (Å²) in [6.07, 6.45) is 13.1. The van der Waals surface area contributed by atoms with Gasteiger partial charge in [0.05, 0.1) is 6.10 Å². The van der Waals surface area contributed by atoms with E-state index in [9.17, 15) is 0 Å². The SMILES string of the molecule is CCOC(C1CCCCC1)C(CC1CCC1)NC. The van der Waals surface area contributed by atoms with Crippen LogP contribution in [0.5, 0.6) is 0 Å². The van der Waals surface area contributed by atoms with Crippen LogP contribution in [0.4, 0.5) is 0 Å². The normalized spacial score (nSPS) is 25.7. The Hall–Kier alpha value is -0.0800. The molecule has 2 unspecified atom stereocenters. The fourth-order valence-corrected chi connectivity index (χ4v) is 3.74. The first kappa shape index (κ1) is 14.3. The van der Waals surface area contributed by atoms with Crippen LogP contribution in [0, 0.1) is 11.8 Å². The highest BCUT2D eigenvalue weighted by Crippen LogP contribution is 2.35. The molecule has 106 valence electrons. The largest absolute Gasteiger partial charge is 0.377 e. The summed E-state index contributed by atoms with van der Waals surface area (Å²) in [7, 11) is 2.12. The monoisotopic (exact) mass is 253 g/mol. The van der Waals surface area contributed by atoms with Crippen LogP contribution in [-0.2, 0) is 4.74 Å². The molecule has 0 spiro atoms. The van der Waals surface area contributed by atoms with E-state index in [1.54, 1.807) is 0 Å². The molecule has 2 nitrogen and oxygen atoms in total. The zero-order valence-corrected chi connectivity index (χ0v) is 12.3. The molecule has 0 amide bonds. The molecule has 0 aromatic carbocycles. The van der Waals surface area contributed by atoms with Crippen LogP contribution in [0.3, 0.4) is 0 Å². The van der Waals surface area contributed by atoms with Crippen molar-refractivity contribution in [1.29, 1.82) is 0 Å². The summed E-state index contributed by atoms with van der Waals surface area (Å²) >= 11 is 0. The zero-order valence-electron chi connectivity index (χ0n) is 12.3. The summed E-state index contributed by atoms with van der Waals surface area (Å²) in [5.41, 5.74) is 0. The molecular formula is C16H31NO. The molecule has 0 radical (unpaired) electrons. The number of likely N-dealkylation sites (N-methyl/N-ethyl adjacent to an activating group) is 1. The van der Waals surface area contributed by atoms with Crippen LogP contribution in [0.25, 0.3) is 0 Å². The number of nitrogens with one attached hydrogen (secondary N) is 1. The first-order chi connectivity index (χ1) is 8.85. The predicted molar refractivity (Wildman–Crippen MR) is 76.8 cm³/mol. The summed E-state index contributed by atoms with van der Waals surface area (Å²) in [6.45, 7) is 3.01. The van der Waals surface area contributed by atoms with Gasteiger partial charge in [-0.15, -0.1) is 0 Å². The predicted octanol–water partition coefficient (Wildman–Crippen LogP) is 3.75. The lowest BCUT2D eigenvalue weighted by molar-refractivity contribution is -0.0236. The third kappa shape index (κ3) is 3.71. The van der Waals surface area contributed by atoms with Gasteiger partial charge in [-0.1, -0.05) is 38.5 Å². The van der Waals surface area contributed by atoms with Gasteiger partial charge in [0.15, 0.2) is 0 Å². The molecule has 18 heavy (non-hydrogen) atoms. The van der Waals surface area contributed by atoms with Crippen LogP contribution in [0.1, 0.15) is 64.7 Å². The molecule has 0 aromatic rings. The maximum Gasteiger partial charge on any atom is 0.0755 e. The quantitative estimate of drug-likeness (QED) is 0.746. The van der Waals surface area contributed by atoms with Crippen molar-refractivity contribution < 1.29 is 4.74 Å². The first-order valence-electron chi connectivity index (χ1n) is 8.14. The van der Waals surface area contributed by atoms with E-state index >= 15 is 0 Å². The third-order valence-electron chi connectivity index (χ3n) is 5.05. The van der Waals surface area contributed by atoms with Crippen molar-refractivity contribution in [3.05, 3.63) is 0 Å². The Morgan fingerprint density at radius 3 is 2.28 bits per heavy atom. The molecule has 2 aliphatic rings. The summed E-state index contributed by atoms with van der Waals surface area (Å²) in [5, 5.41) is 3.56. The lowest BCUT2D eigenvalue weighted by atomic mass is 9.76. The molecule has 1 N–H and O–H groups in total. The van der Waals surface area contributed by atoms with Crippen molar-refractivity contribution in [3.63, 3.8) is 0 Å². The molecule has 2 atom stereocenters. The van der Waals surface area contributed by atoms with Crippen molar-refractivity contribution in [1.82, 2.24) is 5.32 Å². The van der Waals surface area contributed by atoms with E-state index in [1.165, 1.54) is 57.8 Å². The van der Waals surface area contributed by atoms with Crippen LogP contribution in [0.15, 0.2) is 0 Å². The van der Waals surface area contributed by atoms with E-state index in [0.717, 1.165) is 18.4 Å². The van der Waals surface area contributed by atoms with E-state index in [-0.39, 0.29) is 0 Å². The Labute approximate surface area is 113 Å². The summed E-state index contributed by atoms with van der Waals surface area (Å²) < 4.78 is 6.14. The average molecular weight is 253 g/mol. The van der Waals surface area contributed by atoms with E-state index in [1.807, 2.05) is 0 Å². The molecule has 2 heteroatoms. The van der Waals surface area contributed by atoms with Crippen molar-refractivity contribution >= 4 is 0 Å². The smallest absolute Gasteiger partial charge is 0.0755 e. The maximum atomic E-state index is 6.14. The van der Waals surface area contributed by atoms with Crippen molar-refractivity contribution in [2.45, 2.75) is 76.9 Å². The van der Waals surface area contributed by atoms with Gasteiger partial charge in [0.25, 0.3) is 0 Å². The zero-order chi connectivity index (χ0) is 12.8. The van der Waals surface area contributed by atoms with Crippen LogP contribution < -0.4 is 5.32 Å². The van der Waals surface area contributed by atoms with Gasteiger partial charge in [-0.2, -0.15) is 0 Å². The maximum absolute atomic E-state index is 6.14. The van der Waals surface area contributed by atoms with E-state index in [0.29, 0.717) is 12.1 Å². The minimum absolute atomic E-state index is 0.459. The summed E-state index contributed by atoms with van der Waals surface area (Å²) in [5.74, 6) is 1.77. The van der Waals surface area contributed by atoms with Crippen LogP contribution in [-0.4, -0.2) is 25.8 Å². The number of ether oxygens (including phenoxy) is 1. The molecule has 0 bridgehead atoms. The van der Waals surface area contributed by atoms with Gasteiger partial charge in [-0.05, 0) is 45.1 Å². The Morgan fingerprint density at radius 1 is 1.06 bits per heavy atom. The van der Waals surface area contributed by atoms with Gasteiger partial charge in [0.1, 0.15) is 0 Å². The number of hydrogen-bond donors (Lipinski definition) is 1. The van der Waals surface area contributed by atoms with Gasteiger partial charge in [0, 0.05) is 12.6 Å². The van der Waals surface area contributed by atoms with E-state index in [2.05, 4.69) is 19.3 Å². The van der Waals surface area contributed by atoms with Crippen LogP contribution in [0.2, 0.25) is 0 Å². The molecular weight excluding hydrogens is 222 g/mol. The minimum Gasteiger partial charge on any atom is -0.377 e. The third-order valence-corrected chi connectivity index (χ3v) is 5.05. The van der Waals surface area contributed by atoms with E-state index < -0.39 is 0 Å². The second-order valence-electron chi connectivity index (χ2n) is 6.25. The highest BCUT2D eigenvalue weighted by atomic mass is 16.5. The highest BCUT2D eigenvalue weighted by molar-refractivity contribution is 4.87. The molecule has 2 rings (SSSR count). The van der Waals surface area contributed by atoms with Gasteiger partial charge in [-0.3, -0.25) is 0 Å². The second kappa shape index (κ2) is 7.49. The van der Waals surface area contributed by atoms with Gasteiger partial charge in [-0.25, -0.2) is 0 Å². The average Bonchev–Trinajstić information content (AvgIpc) is 2.37. The molecule has 2 fully saturated rings. The van der Waals surface area contributed by atoms with Gasteiger partial charge in [0.2, 0.25) is 0 Å². The van der Waals surface area contributed by atoms with Crippen LogP contribution >= 0.6 is 0 Å². The lowest BCUT2D eigenvalue weighted by Crippen LogP contribution is -2.46. The Bertz CT molecular complexity index is 221. The van der Waals surface area contributed by atoms with Crippen molar-refractivity contribution in [2.24, 2.45) is 11.8 Å². The summed E-state index contributed by atoms with van der Waals surface area (Å²) in [6, 6.07) is 0.582. The fraction of sp³-hybridized carbons (Fsp3) is 1.00. The molecule has 0 aliphatic heterocycles. The summed E-state index contributed by atoms with van der Waals surface area (Å²) in [4.78, 5) is 0. The first-order valence-corrected chi connectivity index (χ1v) is 8.14. The minimum atomic E-state index is 0.459. The number of rotatable bonds is 7. The van der Waals surface area contributed by atoms with E-state index in [4.69, 9.17) is 4.74 Å². The van der Waals surface area contributed by atoms with Gasteiger partial charge < -0.3 is 10.1 Å². The Morgan fingerprint density at radius 2 is 1.78 bits per heavy atom. The lowest BCUT2D eigenvalue weighted by Gasteiger charge is -2.38. The standard InChI is InChI=1S/C16H31NO/c1-3-18-16(14-10-5-4-6-11-14)15(17-2)12-13-8-7-9-13/h13-17H,3-12H2,1-2H3. The fourth-order valence-electron chi connectivity index (χ4n) is 3.74. The second-order valence-corrected chi connectivity index (χ2v) is 6.25. The molecule has 2 saturated carbocycles. The molecule has 2 aliphatic carbocycles. The molecule has 0 heterocycles. The number of hydrogen-bond acceptors (Lipinski definition) is 2. The molecule has 0 aromatic heterocycles. The topological polar surface area (TPSA) is 21.3 Å². The van der Waals surface area contributed by atoms with Crippen molar-refractivity contribution in [2.75, 3.05) is 13.7 Å².